The van der Waals surface area contributed by atoms with E-state index < -0.39 is 17.7 Å². The third-order valence-electron chi connectivity index (χ3n) is 4.74. The normalized spacial score (nSPS) is 19.8. The number of aliphatic hydroxyl groups excluding tert-OH is 1. The number of hydrogen-bond acceptors (Lipinski definition) is 6. The Morgan fingerprint density at radius 3 is 2.50 bits per heavy atom. The molecule has 0 bridgehead atoms. The second kappa shape index (κ2) is 8.40. The Morgan fingerprint density at radius 1 is 1.21 bits per heavy atom. The molecule has 7 nitrogen and oxygen atoms in total. The number of hydrogen-bond donors (Lipinski definition) is 2. The molecular weight excluding hydrogens is 360 g/mol. The minimum atomic E-state index is -1.21. The third-order valence-corrected chi connectivity index (χ3v) is 4.74. The summed E-state index contributed by atoms with van der Waals surface area (Å²) in [5, 5.41) is 23.3. The van der Waals surface area contributed by atoms with Gasteiger partial charge in [-0.2, -0.15) is 5.26 Å². The second-order valence-corrected chi connectivity index (χ2v) is 6.66. The molecule has 7 heteroatoms. The molecule has 1 aliphatic rings. The Labute approximate surface area is 163 Å². The van der Waals surface area contributed by atoms with Crippen LogP contribution in [0.5, 0.6) is 5.75 Å². The highest BCUT2D eigenvalue weighted by Crippen LogP contribution is 2.41. The predicted octanol–water partition coefficient (Wildman–Crippen LogP) is 1.81. The van der Waals surface area contributed by atoms with Crippen molar-refractivity contribution in [1.82, 2.24) is 5.32 Å². The Kier molecular flexibility index (Phi) is 5.95. The van der Waals surface area contributed by atoms with E-state index in [1.54, 1.807) is 42.5 Å². The molecule has 0 spiro atoms. The fourth-order valence-electron chi connectivity index (χ4n) is 3.44. The molecule has 1 heterocycles. The van der Waals surface area contributed by atoms with Crippen molar-refractivity contribution in [2.24, 2.45) is 0 Å². The molecule has 1 aliphatic heterocycles. The van der Waals surface area contributed by atoms with Crippen LogP contribution in [-0.4, -0.2) is 50.2 Å². The van der Waals surface area contributed by atoms with E-state index in [1.165, 1.54) is 14.2 Å². The zero-order chi connectivity index (χ0) is 20.1. The molecule has 0 radical (unpaired) electrons. The number of nitrogens with zero attached hydrogens (tertiary/aromatic N) is 1. The highest BCUT2D eigenvalue weighted by atomic mass is 16.6. The topological polar surface area (TPSA) is 101 Å². The monoisotopic (exact) mass is 382 g/mol. The number of rotatable bonds is 6. The van der Waals surface area contributed by atoms with Crippen LogP contribution in [0.4, 0.5) is 0 Å². The summed E-state index contributed by atoms with van der Waals surface area (Å²) in [4.78, 5) is 12.8. The van der Waals surface area contributed by atoms with Gasteiger partial charge >= 0.3 is 0 Å². The van der Waals surface area contributed by atoms with E-state index in [2.05, 4.69) is 11.4 Å². The van der Waals surface area contributed by atoms with Crippen LogP contribution in [-0.2, 0) is 9.47 Å². The largest absolute Gasteiger partial charge is 0.479 e. The van der Waals surface area contributed by atoms with Crippen molar-refractivity contribution in [2.75, 3.05) is 27.4 Å². The summed E-state index contributed by atoms with van der Waals surface area (Å²) < 4.78 is 16.6. The summed E-state index contributed by atoms with van der Waals surface area (Å²) in [6.45, 7) is 0.109. The number of nitriles is 1. The SMILES string of the molecule is COCC1(COC)Oc2ccc(C#N)cc2[C@@H](NC(=O)c2ccccc2)[C@@H]1O. The quantitative estimate of drug-likeness (QED) is 0.790. The van der Waals surface area contributed by atoms with Crippen molar-refractivity contribution < 1.29 is 24.1 Å². The van der Waals surface area contributed by atoms with Gasteiger partial charge in [0.1, 0.15) is 11.9 Å². The number of methoxy groups -OCH3 is 2. The summed E-state index contributed by atoms with van der Waals surface area (Å²) in [5.41, 5.74) is 0.181. The average Bonchev–Trinajstić information content (AvgIpc) is 2.72. The molecule has 0 aromatic heterocycles. The molecule has 2 aromatic rings. The molecule has 3 rings (SSSR count). The molecule has 2 atom stereocenters. The van der Waals surface area contributed by atoms with E-state index in [-0.39, 0.29) is 19.1 Å². The molecule has 0 unspecified atom stereocenters. The minimum absolute atomic E-state index is 0.0547. The van der Waals surface area contributed by atoms with Crippen LogP contribution >= 0.6 is 0 Å². The molecule has 2 N–H and O–H groups in total. The lowest BCUT2D eigenvalue weighted by Crippen LogP contribution is -2.61. The molecule has 1 amide bonds. The van der Waals surface area contributed by atoms with Gasteiger partial charge in [-0.1, -0.05) is 18.2 Å². The van der Waals surface area contributed by atoms with Gasteiger partial charge in [-0.25, -0.2) is 0 Å². The van der Waals surface area contributed by atoms with Crippen LogP contribution in [0.15, 0.2) is 48.5 Å². The number of nitrogens with one attached hydrogen (secondary N) is 1. The van der Waals surface area contributed by atoms with Gasteiger partial charge in [0.25, 0.3) is 5.91 Å². The molecule has 0 aliphatic carbocycles. The molecular formula is C21H22N2O5. The first-order valence-electron chi connectivity index (χ1n) is 8.79. The smallest absolute Gasteiger partial charge is 0.251 e. The van der Waals surface area contributed by atoms with Crippen LogP contribution in [0.3, 0.4) is 0 Å². The lowest BCUT2D eigenvalue weighted by molar-refractivity contribution is -0.147. The van der Waals surface area contributed by atoms with Gasteiger partial charge in [0, 0.05) is 25.3 Å². The number of carbonyl (C=O) groups is 1. The van der Waals surface area contributed by atoms with E-state index in [9.17, 15) is 15.2 Å². The van der Waals surface area contributed by atoms with E-state index >= 15 is 0 Å². The third kappa shape index (κ3) is 3.71. The maximum atomic E-state index is 12.8. The molecule has 0 fully saturated rings. The van der Waals surface area contributed by atoms with Crippen molar-refractivity contribution in [3.63, 3.8) is 0 Å². The molecule has 0 saturated heterocycles. The Balaban J connectivity index is 2.04. The van der Waals surface area contributed by atoms with Crippen molar-refractivity contribution >= 4 is 5.91 Å². The highest BCUT2D eigenvalue weighted by Gasteiger charge is 2.50. The summed E-state index contributed by atoms with van der Waals surface area (Å²) in [6, 6.07) is 14.9. The van der Waals surface area contributed by atoms with Gasteiger partial charge in [0.2, 0.25) is 0 Å². The summed E-state index contributed by atoms with van der Waals surface area (Å²) in [5.74, 6) is 0.111. The molecule has 0 saturated carbocycles. The van der Waals surface area contributed by atoms with E-state index in [0.717, 1.165) is 0 Å². The number of fused-ring (bicyclic) bond motifs is 1. The summed E-state index contributed by atoms with van der Waals surface area (Å²) >= 11 is 0. The number of benzene rings is 2. The summed E-state index contributed by atoms with van der Waals surface area (Å²) in [6.07, 6.45) is -1.17. The lowest BCUT2D eigenvalue weighted by Gasteiger charge is -2.45. The minimum Gasteiger partial charge on any atom is -0.479 e. The first-order valence-corrected chi connectivity index (χ1v) is 8.79. The van der Waals surface area contributed by atoms with Crippen molar-refractivity contribution in [3.05, 3.63) is 65.2 Å². The fourth-order valence-corrected chi connectivity index (χ4v) is 3.44. The van der Waals surface area contributed by atoms with Crippen molar-refractivity contribution in [3.8, 4) is 11.8 Å². The van der Waals surface area contributed by atoms with Crippen LogP contribution < -0.4 is 10.1 Å². The van der Waals surface area contributed by atoms with Gasteiger partial charge in [0.05, 0.1) is 30.9 Å². The van der Waals surface area contributed by atoms with Gasteiger partial charge in [-0.3, -0.25) is 4.79 Å². The zero-order valence-corrected chi connectivity index (χ0v) is 15.7. The maximum absolute atomic E-state index is 12.8. The van der Waals surface area contributed by atoms with E-state index in [1.807, 2.05) is 6.07 Å². The number of ether oxygens (including phenoxy) is 3. The molecule has 28 heavy (non-hydrogen) atoms. The van der Waals surface area contributed by atoms with Crippen LogP contribution in [0.25, 0.3) is 0 Å². The van der Waals surface area contributed by atoms with Crippen LogP contribution in [0, 0.1) is 11.3 Å². The number of amides is 1. The van der Waals surface area contributed by atoms with Crippen LogP contribution in [0.1, 0.15) is 27.5 Å². The predicted molar refractivity (Wildman–Crippen MR) is 101 cm³/mol. The maximum Gasteiger partial charge on any atom is 0.251 e. The Bertz CT molecular complexity index is 872. The Morgan fingerprint density at radius 2 is 1.89 bits per heavy atom. The standard InChI is InChI=1S/C21H22N2O5/c1-26-12-21(13-27-2)19(24)18(23-20(25)15-6-4-3-5-7-15)16-10-14(11-22)8-9-17(16)28-21/h3-10,18-19,24H,12-13H2,1-2H3,(H,23,25)/t18-,19+/m1/s1. The number of aliphatic hydroxyl groups is 1. The first kappa shape index (κ1) is 19.8. The van der Waals surface area contributed by atoms with Gasteiger partial charge < -0.3 is 24.6 Å². The highest BCUT2D eigenvalue weighted by molar-refractivity contribution is 5.94. The lowest BCUT2D eigenvalue weighted by atomic mass is 9.84. The van der Waals surface area contributed by atoms with E-state index in [0.29, 0.717) is 22.4 Å². The second-order valence-electron chi connectivity index (χ2n) is 6.66. The van der Waals surface area contributed by atoms with Crippen LogP contribution in [0.2, 0.25) is 0 Å². The van der Waals surface area contributed by atoms with E-state index in [4.69, 9.17) is 14.2 Å². The van der Waals surface area contributed by atoms with Gasteiger partial charge in [0.15, 0.2) is 5.60 Å². The molecule has 146 valence electrons. The Hall–Kier alpha value is -2.92. The van der Waals surface area contributed by atoms with Crippen molar-refractivity contribution in [1.29, 1.82) is 5.26 Å². The fraction of sp³-hybridized carbons (Fsp3) is 0.333. The average molecular weight is 382 g/mol. The molecule has 2 aromatic carbocycles. The summed E-state index contributed by atoms with van der Waals surface area (Å²) in [7, 11) is 3.00. The zero-order valence-electron chi connectivity index (χ0n) is 15.7. The van der Waals surface area contributed by atoms with Crippen molar-refractivity contribution in [2.45, 2.75) is 17.7 Å². The van der Waals surface area contributed by atoms with Gasteiger partial charge in [-0.15, -0.1) is 0 Å². The number of carbonyl (C=O) groups excluding carboxylic acids is 1. The first-order chi connectivity index (χ1) is 13.5. The van der Waals surface area contributed by atoms with Gasteiger partial charge in [-0.05, 0) is 30.3 Å².